The predicted molar refractivity (Wildman–Crippen MR) is 99.8 cm³/mol. The molecular formula is C19H19N3OS. The third kappa shape index (κ3) is 2.31. The number of benzene rings is 2. The van der Waals surface area contributed by atoms with E-state index in [-0.39, 0.29) is 11.3 Å². The molecule has 5 heteroatoms. The molecule has 1 aliphatic rings. The Morgan fingerprint density at radius 1 is 1.25 bits per heavy atom. The van der Waals surface area contributed by atoms with Crippen LogP contribution in [0.5, 0.6) is 0 Å². The maximum Gasteiger partial charge on any atom is 0.225 e. The van der Waals surface area contributed by atoms with Gasteiger partial charge >= 0.3 is 0 Å². The Morgan fingerprint density at radius 3 is 2.83 bits per heavy atom. The molecule has 1 aromatic heterocycles. The summed E-state index contributed by atoms with van der Waals surface area (Å²) in [6, 6.07) is 10.1. The SMILES string of the molecule is Cc1c(S)cccc1-c1nc2cc3c(cc2[nH]1)C(C)(C)CC(=O)N3. The first kappa shape index (κ1) is 15.3. The second-order valence-corrected chi connectivity index (χ2v) is 7.54. The number of aromatic amines is 1. The molecule has 122 valence electrons. The Bertz CT molecular complexity index is 988. The molecule has 1 aliphatic heterocycles. The summed E-state index contributed by atoms with van der Waals surface area (Å²) in [4.78, 5) is 21.0. The number of carbonyl (C=O) groups is 1. The van der Waals surface area contributed by atoms with Gasteiger partial charge in [-0.25, -0.2) is 4.98 Å². The standard InChI is InChI=1S/C19H19N3OS/c1-10-11(5-4-6-16(10)24)18-21-14-7-12-13(8-15(14)22-18)20-17(23)9-19(12,2)3/h4-8,24H,9H2,1-3H3,(H,20,23)(H,21,22). The van der Waals surface area contributed by atoms with E-state index in [1.807, 2.05) is 31.2 Å². The molecule has 24 heavy (non-hydrogen) atoms. The lowest BCUT2D eigenvalue weighted by molar-refractivity contribution is -0.117. The van der Waals surface area contributed by atoms with Gasteiger partial charge in [0.2, 0.25) is 5.91 Å². The first-order valence-corrected chi connectivity index (χ1v) is 8.43. The van der Waals surface area contributed by atoms with Crippen LogP contribution in [0.4, 0.5) is 5.69 Å². The Kier molecular flexibility index (Phi) is 3.25. The second kappa shape index (κ2) is 5.11. The number of imidazole rings is 1. The number of hydrogen-bond acceptors (Lipinski definition) is 3. The minimum Gasteiger partial charge on any atom is -0.338 e. The fourth-order valence-electron chi connectivity index (χ4n) is 3.42. The first-order valence-electron chi connectivity index (χ1n) is 7.98. The third-order valence-electron chi connectivity index (χ3n) is 4.79. The number of amides is 1. The van der Waals surface area contributed by atoms with E-state index in [9.17, 15) is 4.79 Å². The molecule has 0 fully saturated rings. The largest absolute Gasteiger partial charge is 0.338 e. The molecular weight excluding hydrogens is 318 g/mol. The smallest absolute Gasteiger partial charge is 0.225 e. The number of rotatable bonds is 1. The fraction of sp³-hybridized carbons (Fsp3) is 0.263. The molecule has 2 aromatic carbocycles. The first-order chi connectivity index (χ1) is 11.3. The molecule has 0 radical (unpaired) electrons. The van der Waals surface area contributed by atoms with E-state index < -0.39 is 0 Å². The average Bonchev–Trinajstić information content (AvgIpc) is 2.90. The summed E-state index contributed by atoms with van der Waals surface area (Å²) in [7, 11) is 0. The van der Waals surface area contributed by atoms with Gasteiger partial charge in [0.25, 0.3) is 0 Å². The zero-order valence-electron chi connectivity index (χ0n) is 13.9. The lowest BCUT2D eigenvalue weighted by Gasteiger charge is -2.31. The van der Waals surface area contributed by atoms with Gasteiger partial charge in [0.15, 0.2) is 0 Å². The zero-order chi connectivity index (χ0) is 17.1. The summed E-state index contributed by atoms with van der Waals surface area (Å²) in [6.07, 6.45) is 0.493. The lowest BCUT2D eigenvalue weighted by Crippen LogP contribution is -2.32. The van der Waals surface area contributed by atoms with Gasteiger partial charge in [-0.2, -0.15) is 0 Å². The van der Waals surface area contributed by atoms with Gasteiger partial charge in [0, 0.05) is 28.0 Å². The van der Waals surface area contributed by atoms with Gasteiger partial charge in [-0.15, -0.1) is 12.6 Å². The number of carbonyl (C=O) groups excluding carboxylic acids is 1. The van der Waals surface area contributed by atoms with E-state index in [2.05, 4.69) is 42.8 Å². The highest BCUT2D eigenvalue weighted by Gasteiger charge is 2.32. The molecule has 0 unspecified atom stereocenters. The van der Waals surface area contributed by atoms with Crippen molar-refractivity contribution in [3.05, 3.63) is 41.5 Å². The third-order valence-corrected chi connectivity index (χ3v) is 5.27. The molecule has 2 heterocycles. The fourth-order valence-corrected chi connectivity index (χ4v) is 3.63. The summed E-state index contributed by atoms with van der Waals surface area (Å²) in [6.45, 7) is 6.24. The van der Waals surface area contributed by atoms with Crippen molar-refractivity contribution < 1.29 is 4.79 Å². The molecule has 0 atom stereocenters. The minimum absolute atomic E-state index is 0.0567. The average molecular weight is 337 g/mol. The summed E-state index contributed by atoms with van der Waals surface area (Å²) in [5, 5.41) is 2.97. The number of hydrogen-bond donors (Lipinski definition) is 3. The molecule has 0 spiro atoms. The molecule has 0 saturated carbocycles. The molecule has 4 nitrogen and oxygen atoms in total. The quantitative estimate of drug-likeness (QED) is 0.575. The summed E-state index contributed by atoms with van der Waals surface area (Å²) in [5.74, 6) is 0.881. The molecule has 2 N–H and O–H groups in total. The summed E-state index contributed by atoms with van der Waals surface area (Å²) >= 11 is 4.50. The van der Waals surface area contributed by atoms with Crippen LogP contribution in [-0.2, 0) is 10.2 Å². The monoisotopic (exact) mass is 337 g/mol. The van der Waals surface area contributed by atoms with Crippen LogP contribution in [0.25, 0.3) is 22.4 Å². The number of fused-ring (bicyclic) bond motifs is 2. The maximum absolute atomic E-state index is 11.9. The highest BCUT2D eigenvalue weighted by atomic mass is 32.1. The van der Waals surface area contributed by atoms with Crippen LogP contribution in [0.2, 0.25) is 0 Å². The van der Waals surface area contributed by atoms with Gasteiger partial charge in [-0.1, -0.05) is 26.0 Å². The van der Waals surface area contributed by atoms with Gasteiger partial charge in [-0.3, -0.25) is 4.79 Å². The van der Waals surface area contributed by atoms with Gasteiger partial charge in [-0.05, 0) is 36.2 Å². The lowest BCUT2D eigenvalue weighted by atomic mass is 9.78. The molecule has 0 aliphatic carbocycles. The van der Waals surface area contributed by atoms with Crippen LogP contribution in [0, 0.1) is 6.92 Å². The molecule has 4 rings (SSSR count). The molecule has 0 saturated heterocycles. The van der Waals surface area contributed by atoms with Crippen molar-refractivity contribution in [3.63, 3.8) is 0 Å². The number of nitrogens with zero attached hydrogens (tertiary/aromatic N) is 1. The number of nitrogens with one attached hydrogen (secondary N) is 2. The van der Waals surface area contributed by atoms with Crippen LogP contribution < -0.4 is 5.32 Å². The van der Waals surface area contributed by atoms with Crippen LogP contribution in [0.15, 0.2) is 35.2 Å². The van der Waals surface area contributed by atoms with Crippen LogP contribution in [0.1, 0.15) is 31.4 Å². The number of anilines is 1. The van der Waals surface area contributed by atoms with Crippen molar-refractivity contribution in [1.82, 2.24) is 9.97 Å². The Morgan fingerprint density at radius 2 is 2.04 bits per heavy atom. The number of thiol groups is 1. The van der Waals surface area contributed by atoms with E-state index in [1.165, 1.54) is 0 Å². The Hall–Kier alpha value is -2.27. The topological polar surface area (TPSA) is 57.8 Å². The maximum atomic E-state index is 11.9. The van der Waals surface area contributed by atoms with E-state index >= 15 is 0 Å². The number of H-pyrrole nitrogens is 1. The number of aromatic nitrogens is 2. The van der Waals surface area contributed by atoms with Gasteiger partial charge < -0.3 is 10.3 Å². The molecule has 3 aromatic rings. The molecule has 0 bridgehead atoms. The van der Waals surface area contributed by atoms with Crippen molar-refractivity contribution in [1.29, 1.82) is 0 Å². The van der Waals surface area contributed by atoms with Gasteiger partial charge in [0.1, 0.15) is 5.82 Å². The van der Waals surface area contributed by atoms with Crippen molar-refractivity contribution >= 4 is 35.3 Å². The Labute approximate surface area is 146 Å². The summed E-state index contributed by atoms with van der Waals surface area (Å²) < 4.78 is 0. The van der Waals surface area contributed by atoms with E-state index in [4.69, 9.17) is 4.98 Å². The van der Waals surface area contributed by atoms with Crippen molar-refractivity contribution in [2.45, 2.75) is 37.5 Å². The zero-order valence-corrected chi connectivity index (χ0v) is 14.8. The van der Waals surface area contributed by atoms with E-state index in [0.717, 1.165) is 44.1 Å². The van der Waals surface area contributed by atoms with Crippen LogP contribution in [-0.4, -0.2) is 15.9 Å². The predicted octanol–water partition coefficient (Wildman–Crippen LogP) is 4.45. The van der Waals surface area contributed by atoms with Crippen molar-refractivity contribution in [3.8, 4) is 11.4 Å². The van der Waals surface area contributed by atoms with Crippen LogP contribution in [0.3, 0.4) is 0 Å². The van der Waals surface area contributed by atoms with Crippen molar-refractivity contribution in [2.75, 3.05) is 5.32 Å². The van der Waals surface area contributed by atoms with Crippen molar-refractivity contribution in [2.24, 2.45) is 0 Å². The van der Waals surface area contributed by atoms with Gasteiger partial charge in [0.05, 0.1) is 11.0 Å². The molecule has 1 amide bonds. The Balaban J connectivity index is 1.91. The minimum atomic E-state index is -0.182. The highest BCUT2D eigenvalue weighted by molar-refractivity contribution is 7.80. The second-order valence-electron chi connectivity index (χ2n) is 7.06. The highest BCUT2D eigenvalue weighted by Crippen LogP contribution is 2.39. The normalized spacial score (nSPS) is 16.1. The summed E-state index contributed by atoms with van der Waals surface area (Å²) in [5.41, 5.74) is 5.80. The van der Waals surface area contributed by atoms with E-state index in [0.29, 0.717) is 6.42 Å². The van der Waals surface area contributed by atoms with Crippen LogP contribution >= 0.6 is 12.6 Å². The van der Waals surface area contributed by atoms with E-state index in [1.54, 1.807) is 0 Å².